The zero-order valence-electron chi connectivity index (χ0n) is 20.5. The van der Waals surface area contributed by atoms with Gasteiger partial charge in [0.15, 0.2) is 0 Å². The Labute approximate surface area is 209 Å². The first-order valence-electron chi connectivity index (χ1n) is 12.7. The molecule has 2 aromatic carbocycles. The number of carbonyl (C=O) groups is 1. The topological polar surface area (TPSA) is 44.6 Å². The molecular formula is C27H32F3N5O. The average Bonchev–Trinajstić information content (AvgIpc) is 3.25. The number of carbonyl (C=O) groups excluding carboxylic acids is 1. The van der Waals surface area contributed by atoms with Crippen LogP contribution in [0.15, 0.2) is 48.5 Å². The lowest BCUT2D eigenvalue weighted by atomic mass is 9.95. The largest absolute Gasteiger partial charge is 0.418 e. The predicted octanol–water partition coefficient (Wildman–Crippen LogP) is 4.64. The zero-order valence-corrected chi connectivity index (χ0v) is 20.5. The molecular weight excluding hydrogens is 467 g/mol. The Morgan fingerprint density at radius 2 is 1.61 bits per heavy atom. The van der Waals surface area contributed by atoms with Gasteiger partial charge in [0.1, 0.15) is 5.82 Å². The fourth-order valence-corrected chi connectivity index (χ4v) is 5.55. The van der Waals surface area contributed by atoms with Gasteiger partial charge in [0.05, 0.1) is 23.1 Å². The quantitative estimate of drug-likeness (QED) is 0.513. The summed E-state index contributed by atoms with van der Waals surface area (Å²) < 4.78 is 42.5. The Morgan fingerprint density at radius 3 is 2.31 bits per heavy atom. The van der Waals surface area contributed by atoms with Crippen LogP contribution in [0.3, 0.4) is 0 Å². The molecule has 0 atom stereocenters. The number of aryl methyl sites for hydroxylation is 1. The molecule has 36 heavy (non-hydrogen) atoms. The molecule has 2 aliphatic heterocycles. The number of fused-ring (bicyclic) bond motifs is 1. The average molecular weight is 500 g/mol. The van der Waals surface area contributed by atoms with Crippen molar-refractivity contribution >= 4 is 22.6 Å². The summed E-state index contributed by atoms with van der Waals surface area (Å²) in [5, 5.41) is 0. The van der Waals surface area contributed by atoms with Gasteiger partial charge in [0, 0.05) is 44.3 Å². The summed E-state index contributed by atoms with van der Waals surface area (Å²) in [7, 11) is 0. The number of rotatable bonds is 5. The number of benzene rings is 2. The van der Waals surface area contributed by atoms with Crippen LogP contribution in [0.4, 0.5) is 18.9 Å². The molecule has 3 aromatic rings. The Hall–Kier alpha value is -3.07. The molecule has 3 heterocycles. The van der Waals surface area contributed by atoms with E-state index in [-0.39, 0.29) is 17.5 Å². The third-order valence-corrected chi connectivity index (χ3v) is 7.49. The van der Waals surface area contributed by atoms with Crippen LogP contribution >= 0.6 is 0 Å². The molecule has 1 aromatic heterocycles. The van der Waals surface area contributed by atoms with Crippen LogP contribution < -0.4 is 4.90 Å². The predicted molar refractivity (Wildman–Crippen MR) is 134 cm³/mol. The van der Waals surface area contributed by atoms with Crippen LogP contribution in [0.1, 0.15) is 31.2 Å². The highest BCUT2D eigenvalue weighted by molar-refractivity contribution is 5.79. The number of anilines is 1. The smallest absolute Gasteiger partial charge is 0.367 e. The Morgan fingerprint density at radius 1 is 0.944 bits per heavy atom. The highest BCUT2D eigenvalue weighted by atomic mass is 19.4. The molecule has 2 aliphatic rings. The van der Waals surface area contributed by atoms with Crippen molar-refractivity contribution in [2.75, 3.05) is 44.2 Å². The summed E-state index contributed by atoms with van der Waals surface area (Å²) in [5.74, 6) is 1.16. The van der Waals surface area contributed by atoms with E-state index in [9.17, 15) is 18.0 Å². The van der Waals surface area contributed by atoms with Gasteiger partial charge in [-0.2, -0.15) is 13.2 Å². The van der Waals surface area contributed by atoms with E-state index in [1.807, 2.05) is 23.1 Å². The molecule has 0 aliphatic carbocycles. The zero-order chi connectivity index (χ0) is 25.3. The fourth-order valence-electron chi connectivity index (χ4n) is 5.55. The molecule has 2 saturated heterocycles. The van der Waals surface area contributed by atoms with Gasteiger partial charge in [-0.05, 0) is 57.1 Å². The van der Waals surface area contributed by atoms with E-state index in [1.54, 1.807) is 11.0 Å². The number of hydrogen-bond donors (Lipinski definition) is 0. The van der Waals surface area contributed by atoms with E-state index in [1.165, 1.54) is 12.1 Å². The standard InChI is InChI=1S/C27H32F3N5O/c1-2-35-24-10-6-4-8-22(24)31-25(35)19-32-13-11-20(12-14-32)26(36)34-17-15-33(16-18-34)23-9-5-3-7-21(23)27(28,29)30/h3-10,20H,2,11-19H2,1H3. The molecule has 0 bridgehead atoms. The molecule has 9 heteroatoms. The molecule has 5 rings (SSSR count). The summed E-state index contributed by atoms with van der Waals surface area (Å²) in [4.78, 5) is 24.0. The number of imidazole rings is 1. The van der Waals surface area contributed by atoms with Gasteiger partial charge in [-0.15, -0.1) is 0 Å². The van der Waals surface area contributed by atoms with Gasteiger partial charge in [-0.25, -0.2) is 4.98 Å². The minimum atomic E-state index is -4.39. The van der Waals surface area contributed by atoms with Crippen LogP contribution in [0.5, 0.6) is 0 Å². The third kappa shape index (κ3) is 4.93. The number of piperidine rings is 1. The maximum atomic E-state index is 13.4. The van der Waals surface area contributed by atoms with Gasteiger partial charge in [-0.1, -0.05) is 24.3 Å². The Balaban J connectivity index is 1.15. The second kappa shape index (κ2) is 10.1. The number of likely N-dealkylation sites (tertiary alicyclic amines) is 1. The highest BCUT2D eigenvalue weighted by Gasteiger charge is 2.36. The second-order valence-electron chi connectivity index (χ2n) is 9.64. The second-order valence-corrected chi connectivity index (χ2v) is 9.64. The Bertz CT molecular complexity index is 1210. The van der Waals surface area contributed by atoms with Crippen LogP contribution in [0, 0.1) is 5.92 Å². The minimum absolute atomic E-state index is 0.0275. The van der Waals surface area contributed by atoms with Crippen molar-refractivity contribution in [3.63, 3.8) is 0 Å². The van der Waals surface area contributed by atoms with Crippen molar-refractivity contribution < 1.29 is 18.0 Å². The van der Waals surface area contributed by atoms with Crippen LogP contribution in [0.25, 0.3) is 11.0 Å². The number of hydrogen-bond acceptors (Lipinski definition) is 4. The molecule has 0 saturated carbocycles. The van der Waals surface area contributed by atoms with Crippen LogP contribution in [0.2, 0.25) is 0 Å². The van der Waals surface area contributed by atoms with Crippen molar-refractivity contribution in [1.29, 1.82) is 0 Å². The van der Waals surface area contributed by atoms with E-state index >= 15 is 0 Å². The number of para-hydroxylation sites is 3. The summed E-state index contributed by atoms with van der Waals surface area (Å²) in [5.41, 5.74) is 1.74. The normalized spacial score (nSPS) is 18.2. The molecule has 2 fully saturated rings. The van der Waals surface area contributed by atoms with Crippen molar-refractivity contribution in [3.05, 3.63) is 59.9 Å². The molecule has 6 nitrogen and oxygen atoms in total. The van der Waals surface area contributed by atoms with Crippen LogP contribution in [-0.2, 0) is 24.1 Å². The number of aromatic nitrogens is 2. The van der Waals surface area contributed by atoms with Gasteiger partial charge < -0.3 is 14.4 Å². The number of amides is 1. The molecule has 0 unspecified atom stereocenters. The minimum Gasteiger partial charge on any atom is -0.367 e. The summed E-state index contributed by atoms with van der Waals surface area (Å²) >= 11 is 0. The highest BCUT2D eigenvalue weighted by Crippen LogP contribution is 2.37. The van der Waals surface area contributed by atoms with Crippen molar-refractivity contribution in [2.45, 2.75) is 39.0 Å². The summed E-state index contributed by atoms with van der Waals surface area (Å²) in [6.07, 6.45) is -2.80. The lowest BCUT2D eigenvalue weighted by Gasteiger charge is -2.40. The van der Waals surface area contributed by atoms with Gasteiger partial charge >= 0.3 is 6.18 Å². The molecule has 192 valence electrons. The Kier molecular flexibility index (Phi) is 6.92. The first-order valence-corrected chi connectivity index (χ1v) is 12.7. The van der Waals surface area contributed by atoms with E-state index in [0.29, 0.717) is 26.2 Å². The van der Waals surface area contributed by atoms with Crippen molar-refractivity contribution in [2.24, 2.45) is 5.92 Å². The van der Waals surface area contributed by atoms with E-state index in [2.05, 4.69) is 22.5 Å². The van der Waals surface area contributed by atoms with Gasteiger partial charge in [-0.3, -0.25) is 9.69 Å². The van der Waals surface area contributed by atoms with Crippen molar-refractivity contribution in [1.82, 2.24) is 19.4 Å². The first-order chi connectivity index (χ1) is 17.3. The number of piperazine rings is 1. The molecule has 1 amide bonds. The number of nitrogens with zero attached hydrogens (tertiary/aromatic N) is 5. The molecule has 0 N–H and O–H groups in total. The number of alkyl halides is 3. The monoisotopic (exact) mass is 499 g/mol. The summed E-state index contributed by atoms with van der Waals surface area (Å²) in [6, 6.07) is 13.9. The lowest BCUT2D eigenvalue weighted by Crippen LogP contribution is -2.52. The maximum Gasteiger partial charge on any atom is 0.418 e. The summed E-state index contributed by atoms with van der Waals surface area (Å²) in [6.45, 7) is 7.15. The maximum absolute atomic E-state index is 13.4. The fraction of sp³-hybridized carbons (Fsp3) is 0.481. The first kappa shape index (κ1) is 24.6. The van der Waals surface area contributed by atoms with Gasteiger partial charge in [0.25, 0.3) is 0 Å². The number of halogens is 3. The van der Waals surface area contributed by atoms with Crippen LogP contribution in [-0.4, -0.2) is 64.5 Å². The third-order valence-electron chi connectivity index (χ3n) is 7.49. The molecule has 0 spiro atoms. The van der Waals surface area contributed by atoms with E-state index < -0.39 is 11.7 Å². The van der Waals surface area contributed by atoms with E-state index in [4.69, 9.17) is 4.98 Å². The van der Waals surface area contributed by atoms with Crippen molar-refractivity contribution in [3.8, 4) is 0 Å². The van der Waals surface area contributed by atoms with Gasteiger partial charge in [0.2, 0.25) is 5.91 Å². The van der Waals surface area contributed by atoms with E-state index in [0.717, 1.165) is 61.9 Å². The SMILES string of the molecule is CCn1c(CN2CCC(C(=O)N3CCN(c4ccccc4C(F)(F)F)CC3)CC2)nc2ccccc21. The lowest BCUT2D eigenvalue weighted by molar-refractivity contribution is -0.138. The molecule has 0 radical (unpaired) electrons.